The third-order valence-electron chi connectivity index (χ3n) is 5.26. The van der Waals surface area contributed by atoms with Gasteiger partial charge in [-0.15, -0.1) is 0 Å². The van der Waals surface area contributed by atoms with Crippen molar-refractivity contribution in [3.8, 4) is 0 Å². The van der Waals surface area contributed by atoms with Crippen LogP contribution in [0, 0.1) is 0 Å². The van der Waals surface area contributed by atoms with Gasteiger partial charge < -0.3 is 10.3 Å². The summed E-state index contributed by atoms with van der Waals surface area (Å²) < 4.78 is 39.0. The number of halogens is 4. The van der Waals surface area contributed by atoms with Crippen molar-refractivity contribution in [1.29, 1.82) is 0 Å². The number of benzene rings is 2. The summed E-state index contributed by atoms with van der Waals surface area (Å²) >= 11 is 5.69. The zero-order valence-electron chi connectivity index (χ0n) is 14.7. The van der Waals surface area contributed by atoms with Crippen molar-refractivity contribution < 1.29 is 13.2 Å². The minimum absolute atomic E-state index is 0.204. The van der Waals surface area contributed by atoms with Crippen molar-refractivity contribution in [3.05, 3.63) is 69.9 Å². The molecule has 0 fully saturated rings. The molecule has 0 bridgehead atoms. The predicted octanol–water partition coefficient (Wildman–Crippen LogP) is 6.05. The Morgan fingerprint density at radius 2 is 1.96 bits per heavy atom. The summed E-state index contributed by atoms with van der Waals surface area (Å²) in [4.78, 5) is 3.52. The van der Waals surface area contributed by atoms with E-state index in [0.717, 1.165) is 30.8 Å². The minimum Gasteiger partial charge on any atom is -0.357 e. The van der Waals surface area contributed by atoms with Gasteiger partial charge >= 0.3 is 6.18 Å². The normalized spacial score (nSPS) is 17.3. The Hall–Kier alpha value is -1.98. The third kappa shape index (κ3) is 3.71. The number of aromatic amines is 1. The first-order valence-electron chi connectivity index (χ1n) is 9.12. The number of H-pyrrole nitrogens is 1. The molecule has 0 aliphatic heterocycles. The molecule has 1 aliphatic carbocycles. The van der Waals surface area contributed by atoms with Crippen LogP contribution in [0.15, 0.2) is 42.5 Å². The molecule has 142 valence electrons. The first kappa shape index (κ1) is 18.4. The molecule has 0 spiro atoms. The minimum atomic E-state index is -4.43. The molecule has 27 heavy (non-hydrogen) atoms. The fourth-order valence-electron chi connectivity index (χ4n) is 3.95. The van der Waals surface area contributed by atoms with Gasteiger partial charge in [0.25, 0.3) is 0 Å². The van der Waals surface area contributed by atoms with Gasteiger partial charge in [-0.3, -0.25) is 0 Å². The van der Waals surface area contributed by atoms with E-state index in [1.54, 1.807) is 6.07 Å². The monoisotopic (exact) mass is 392 g/mol. The van der Waals surface area contributed by atoms with Gasteiger partial charge in [-0.25, -0.2) is 0 Å². The average Bonchev–Trinajstić information content (AvgIpc) is 3.02. The summed E-state index contributed by atoms with van der Waals surface area (Å²) in [6.45, 7) is 0.610. The molecule has 3 aromatic rings. The molecule has 2 aromatic carbocycles. The van der Waals surface area contributed by atoms with E-state index in [0.29, 0.717) is 18.5 Å². The number of para-hydroxylation sites is 1. The van der Waals surface area contributed by atoms with Crippen LogP contribution in [0.1, 0.15) is 41.3 Å². The highest BCUT2D eigenvalue weighted by molar-refractivity contribution is 6.31. The second kappa shape index (κ2) is 7.21. The molecule has 6 heteroatoms. The van der Waals surface area contributed by atoms with Crippen LogP contribution in [0.3, 0.4) is 0 Å². The van der Waals surface area contributed by atoms with E-state index >= 15 is 0 Å². The number of alkyl halides is 3. The third-order valence-corrected chi connectivity index (χ3v) is 5.58. The summed E-state index contributed by atoms with van der Waals surface area (Å²) in [5.74, 6) is 0. The molecule has 4 rings (SSSR count). The van der Waals surface area contributed by atoms with Crippen LogP contribution in [0.5, 0.6) is 0 Å². The van der Waals surface area contributed by atoms with Crippen LogP contribution >= 0.6 is 11.6 Å². The van der Waals surface area contributed by atoms with Crippen LogP contribution in [0.4, 0.5) is 13.2 Å². The summed E-state index contributed by atoms with van der Waals surface area (Å²) in [5.41, 5.74) is 3.59. The van der Waals surface area contributed by atoms with Crippen molar-refractivity contribution in [1.82, 2.24) is 10.3 Å². The molecule has 1 aliphatic rings. The van der Waals surface area contributed by atoms with Crippen LogP contribution in [-0.2, 0) is 19.0 Å². The fraction of sp³-hybridized carbons (Fsp3) is 0.333. The predicted molar refractivity (Wildman–Crippen MR) is 102 cm³/mol. The summed E-state index contributed by atoms with van der Waals surface area (Å²) in [5, 5.41) is 4.53. The lowest BCUT2D eigenvalue weighted by atomic mass is 9.91. The number of hydrogen-bond donors (Lipinski definition) is 2. The Labute approximate surface area is 160 Å². The second-order valence-electron chi connectivity index (χ2n) is 7.02. The zero-order chi connectivity index (χ0) is 19.0. The molecule has 0 radical (unpaired) electrons. The highest BCUT2D eigenvalue weighted by Crippen LogP contribution is 2.36. The van der Waals surface area contributed by atoms with Gasteiger partial charge in [0.2, 0.25) is 0 Å². The van der Waals surface area contributed by atoms with E-state index in [9.17, 15) is 13.2 Å². The molecule has 1 aromatic heterocycles. The summed E-state index contributed by atoms with van der Waals surface area (Å²) in [6, 6.07) is 12.6. The van der Waals surface area contributed by atoms with Crippen LogP contribution < -0.4 is 5.32 Å². The molecule has 0 amide bonds. The van der Waals surface area contributed by atoms with E-state index in [-0.39, 0.29) is 11.1 Å². The fourth-order valence-corrected chi connectivity index (χ4v) is 4.18. The molecular weight excluding hydrogens is 373 g/mol. The topological polar surface area (TPSA) is 27.8 Å². The van der Waals surface area contributed by atoms with Crippen molar-refractivity contribution in [2.75, 3.05) is 6.54 Å². The quantitative estimate of drug-likeness (QED) is 0.555. The Balaban J connectivity index is 1.47. The molecule has 1 heterocycles. The Morgan fingerprint density at radius 1 is 1.15 bits per heavy atom. The van der Waals surface area contributed by atoms with Crippen molar-refractivity contribution in [2.45, 2.75) is 37.9 Å². The first-order valence-corrected chi connectivity index (χ1v) is 9.50. The maximum atomic E-state index is 13.0. The molecule has 0 saturated carbocycles. The lowest BCUT2D eigenvalue weighted by molar-refractivity contribution is -0.137. The zero-order valence-corrected chi connectivity index (χ0v) is 15.4. The smallest absolute Gasteiger partial charge is 0.357 e. The van der Waals surface area contributed by atoms with Gasteiger partial charge in [0.15, 0.2) is 0 Å². The van der Waals surface area contributed by atoms with Crippen LogP contribution in [0.2, 0.25) is 5.02 Å². The Kier molecular flexibility index (Phi) is 4.91. The SMILES string of the molecule is FC(F)(F)c1cc(CCNC2CCCc3c2[nH]c2ccccc32)ccc1Cl. The molecule has 2 nitrogen and oxygen atoms in total. The van der Waals surface area contributed by atoms with Gasteiger partial charge in [-0.2, -0.15) is 13.2 Å². The molecule has 1 atom stereocenters. The average molecular weight is 393 g/mol. The maximum absolute atomic E-state index is 13.0. The lowest BCUT2D eigenvalue weighted by Crippen LogP contribution is -2.27. The van der Waals surface area contributed by atoms with E-state index in [1.165, 1.54) is 22.7 Å². The molecule has 0 saturated heterocycles. The Bertz CT molecular complexity index is 962. The number of aryl methyl sites for hydroxylation is 1. The second-order valence-corrected chi connectivity index (χ2v) is 7.43. The van der Waals surface area contributed by atoms with Crippen LogP contribution in [0.25, 0.3) is 10.9 Å². The van der Waals surface area contributed by atoms with Crippen molar-refractivity contribution >= 4 is 22.5 Å². The van der Waals surface area contributed by atoms with Crippen molar-refractivity contribution in [2.24, 2.45) is 0 Å². The standard InChI is InChI=1S/C21H20ClF3N2/c22-17-9-8-13(12-16(17)21(23,24)25)10-11-26-19-7-3-5-15-14-4-1-2-6-18(14)27-20(15)19/h1-2,4,6,8-9,12,19,26-27H,3,5,7,10-11H2. The van der Waals surface area contributed by atoms with Gasteiger partial charge in [0.05, 0.1) is 10.6 Å². The molecule has 1 unspecified atom stereocenters. The van der Waals surface area contributed by atoms with Gasteiger partial charge in [0, 0.05) is 22.6 Å². The number of rotatable bonds is 4. The number of aromatic nitrogens is 1. The van der Waals surface area contributed by atoms with Gasteiger partial charge in [0.1, 0.15) is 0 Å². The molecular formula is C21H20ClF3N2. The first-order chi connectivity index (χ1) is 12.9. The van der Waals surface area contributed by atoms with Crippen LogP contribution in [-0.4, -0.2) is 11.5 Å². The van der Waals surface area contributed by atoms with Gasteiger partial charge in [-0.05, 0) is 61.6 Å². The number of fused-ring (bicyclic) bond motifs is 3. The van der Waals surface area contributed by atoms with E-state index < -0.39 is 11.7 Å². The van der Waals surface area contributed by atoms with E-state index in [1.807, 2.05) is 12.1 Å². The highest BCUT2D eigenvalue weighted by atomic mass is 35.5. The van der Waals surface area contributed by atoms with E-state index in [4.69, 9.17) is 11.6 Å². The maximum Gasteiger partial charge on any atom is 0.417 e. The summed E-state index contributed by atoms with van der Waals surface area (Å²) in [6.07, 6.45) is -0.723. The van der Waals surface area contributed by atoms with Gasteiger partial charge in [-0.1, -0.05) is 35.9 Å². The number of hydrogen-bond acceptors (Lipinski definition) is 1. The van der Waals surface area contributed by atoms with E-state index in [2.05, 4.69) is 22.4 Å². The molecule has 2 N–H and O–H groups in total. The largest absolute Gasteiger partial charge is 0.417 e. The summed E-state index contributed by atoms with van der Waals surface area (Å²) in [7, 11) is 0. The van der Waals surface area contributed by atoms with Crippen molar-refractivity contribution in [3.63, 3.8) is 0 Å². The number of nitrogens with one attached hydrogen (secondary N) is 2. The lowest BCUT2D eigenvalue weighted by Gasteiger charge is -2.24. The highest BCUT2D eigenvalue weighted by Gasteiger charge is 2.33. The Morgan fingerprint density at radius 3 is 2.78 bits per heavy atom.